The first-order valence-electron chi connectivity index (χ1n) is 16.1. The molecule has 12 heteroatoms. The fourth-order valence-corrected chi connectivity index (χ4v) is 4.31. The fraction of sp³-hybridized carbons (Fsp3) is 0.583. The van der Waals surface area contributed by atoms with Gasteiger partial charge in [0, 0.05) is 29.6 Å². The quantitative estimate of drug-likeness (QED) is 0.229. The number of anilines is 1. The van der Waals surface area contributed by atoms with E-state index in [4.69, 9.17) is 18.4 Å². The number of fused-ring (bicyclic) bond motifs is 1. The number of aliphatic hydroxyl groups is 3. The van der Waals surface area contributed by atoms with E-state index < -0.39 is 73.6 Å². The molecule has 4 N–H and O–H groups in total. The second kappa shape index (κ2) is 10.5. The summed E-state index contributed by atoms with van der Waals surface area (Å²) in [5.41, 5.74) is -0.0441. The highest BCUT2D eigenvalue weighted by molar-refractivity contribution is 7.99. The van der Waals surface area contributed by atoms with Crippen LogP contribution in [0.4, 0.5) is 10.2 Å². The maximum atomic E-state index is 14.3. The molecule has 2 fully saturated rings. The van der Waals surface area contributed by atoms with E-state index in [1.165, 1.54) is 12.1 Å². The normalized spacial score (nSPS) is 43.1. The highest BCUT2D eigenvalue weighted by Gasteiger charge is 2.45. The van der Waals surface area contributed by atoms with Crippen molar-refractivity contribution in [2.24, 2.45) is 0 Å². The number of hydrogen-bond donors (Lipinski definition) is 4. The van der Waals surface area contributed by atoms with Crippen molar-refractivity contribution in [3.05, 3.63) is 35.1 Å². The van der Waals surface area contributed by atoms with Crippen LogP contribution >= 0.6 is 11.8 Å². The third-order valence-corrected chi connectivity index (χ3v) is 6.59. The van der Waals surface area contributed by atoms with Crippen molar-refractivity contribution in [1.82, 2.24) is 25.0 Å². The number of benzene rings is 1. The van der Waals surface area contributed by atoms with E-state index in [1.54, 1.807) is 13.0 Å². The molecule has 10 nitrogen and oxygen atoms in total. The predicted molar refractivity (Wildman–Crippen MR) is 133 cm³/mol. The van der Waals surface area contributed by atoms with Gasteiger partial charge in [0.2, 0.25) is 0 Å². The number of ether oxygens (including phenoxy) is 1. The first kappa shape index (κ1) is 15.8. The molecule has 2 heterocycles. The van der Waals surface area contributed by atoms with Gasteiger partial charge in [-0.2, -0.15) is 0 Å². The van der Waals surface area contributed by atoms with E-state index in [1.807, 2.05) is 6.92 Å². The minimum absolute atomic E-state index is 0.00165. The fourth-order valence-electron chi connectivity index (χ4n) is 3.61. The van der Waals surface area contributed by atoms with Crippen LogP contribution in [-0.4, -0.2) is 83.5 Å². The maximum absolute atomic E-state index is 14.3. The van der Waals surface area contributed by atoms with Crippen LogP contribution in [0.1, 0.15) is 62.9 Å². The van der Waals surface area contributed by atoms with Gasteiger partial charge in [-0.3, -0.25) is 0 Å². The molecule has 194 valence electrons. The van der Waals surface area contributed by atoms with E-state index in [9.17, 15) is 19.7 Å². The summed E-state index contributed by atoms with van der Waals surface area (Å²) in [4.78, 5) is 8.67. The van der Waals surface area contributed by atoms with Crippen LogP contribution in [0.15, 0.2) is 23.4 Å². The summed E-state index contributed by atoms with van der Waals surface area (Å²) in [5.74, 6) is -1.02. The van der Waals surface area contributed by atoms with Crippen LogP contribution in [0.25, 0.3) is 11.2 Å². The topological polar surface area (TPSA) is 138 Å². The standard InChI is InChI=1S/C24H31FN6O4S/c1-3-8-36-24-27-22(26-16-10-14(16)13-5-4-12(2)15(25)9-13)19-23(28-24)31(30-29-19)17-11-18(35-7-6-32)21(34)20(17)33/h4-5,9,14,16-18,20-21,32-34H,3,6-8,10-11H2,1-2H3,(H,26,27,28)/t14-,16+,17+,18-,20-,21+/m0/s1/i6D2,10D2,11D2,17D,18D,20D,21D. The monoisotopic (exact) mass is 528 g/mol. The Kier molecular flexibility index (Phi) is 4.62. The summed E-state index contributed by atoms with van der Waals surface area (Å²) in [6, 6.07) is -0.262. The Bertz CT molecular complexity index is 1680. The van der Waals surface area contributed by atoms with E-state index in [-0.39, 0.29) is 16.5 Å². The molecule has 0 saturated heterocycles. The number of aromatic nitrogens is 5. The van der Waals surface area contributed by atoms with E-state index in [0.717, 1.165) is 11.8 Å². The van der Waals surface area contributed by atoms with Crippen molar-refractivity contribution in [3.63, 3.8) is 0 Å². The summed E-state index contributed by atoms with van der Waals surface area (Å²) < 4.78 is 103. The van der Waals surface area contributed by atoms with Gasteiger partial charge < -0.3 is 25.4 Å². The first-order valence-corrected chi connectivity index (χ1v) is 12.1. The van der Waals surface area contributed by atoms with Crippen molar-refractivity contribution < 1.29 is 38.2 Å². The molecular formula is C24H31FN6O4S. The van der Waals surface area contributed by atoms with Crippen molar-refractivity contribution >= 4 is 28.7 Å². The van der Waals surface area contributed by atoms with Gasteiger partial charge in [-0.1, -0.05) is 36.0 Å². The molecule has 2 saturated carbocycles. The summed E-state index contributed by atoms with van der Waals surface area (Å²) in [7, 11) is 0. The average Bonchev–Trinajstić information content (AvgIpc) is 3.23. The number of aryl methyl sites for hydroxylation is 1. The molecule has 0 radical (unpaired) electrons. The van der Waals surface area contributed by atoms with Crippen LogP contribution in [0.2, 0.25) is 0 Å². The lowest BCUT2D eigenvalue weighted by atomic mass is 10.1. The Morgan fingerprint density at radius 3 is 2.92 bits per heavy atom. The first-order chi connectivity index (χ1) is 21.0. The summed E-state index contributed by atoms with van der Waals surface area (Å²) in [6.07, 6.45) is -16.7. The Labute approximate surface area is 226 Å². The van der Waals surface area contributed by atoms with Crippen LogP contribution in [0.3, 0.4) is 0 Å². The zero-order chi connectivity index (χ0) is 34.5. The van der Waals surface area contributed by atoms with Gasteiger partial charge in [0.05, 0.1) is 33.5 Å². The van der Waals surface area contributed by atoms with Crippen molar-refractivity contribution in [2.45, 2.75) is 74.4 Å². The minimum atomic E-state index is -4.00. The van der Waals surface area contributed by atoms with Gasteiger partial charge in [-0.15, -0.1) is 5.10 Å². The molecule has 3 aromatic rings. The van der Waals surface area contributed by atoms with Gasteiger partial charge in [0.25, 0.3) is 0 Å². The average molecular weight is 529 g/mol. The van der Waals surface area contributed by atoms with Crippen molar-refractivity contribution in [3.8, 4) is 0 Å². The number of hydrogen-bond acceptors (Lipinski definition) is 10. The molecule has 6 atom stereocenters. The molecule has 1 aromatic carbocycles. The Hall–Kier alpha value is -2.38. The molecule has 0 bridgehead atoms. The smallest absolute Gasteiger partial charge is 0.191 e. The minimum Gasteiger partial charge on any atom is -0.394 e. The van der Waals surface area contributed by atoms with E-state index >= 15 is 0 Å². The van der Waals surface area contributed by atoms with Gasteiger partial charge in [0.1, 0.15) is 18.0 Å². The molecule has 2 aliphatic rings. The summed E-state index contributed by atoms with van der Waals surface area (Å²) in [6.45, 7) is -1.24. The van der Waals surface area contributed by atoms with Crippen molar-refractivity contribution in [1.29, 1.82) is 0 Å². The van der Waals surface area contributed by atoms with E-state index in [0.29, 0.717) is 28.0 Å². The number of nitrogens with one attached hydrogen (secondary N) is 1. The second-order valence-corrected chi connectivity index (χ2v) is 9.16. The third-order valence-electron chi connectivity index (χ3n) is 5.53. The number of rotatable bonds is 10. The predicted octanol–water partition coefficient (Wildman–Crippen LogP) is 2.18. The van der Waals surface area contributed by atoms with Gasteiger partial charge >= 0.3 is 0 Å². The SMILES string of the molecule is [2H]C([2H])(O)CO[C@@]1([2H])C([2H])([2H])[C@@]([2H])(n2nnc3c(N[C@H]4[C@H](c5ccc(C)c(F)c5)C4([2H])[2H])nc(SCCC)nc32)[C@]([2H])(O)[C@]1([2H])O. The zero-order valence-electron chi connectivity index (χ0n) is 29.3. The molecule has 2 aliphatic carbocycles. The van der Waals surface area contributed by atoms with Gasteiger partial charge in [-0.05, 0) is 36.9 Å². The Morgan fingerprint density at radius 1 is 1.33 bits per heavy atom. The number of halogens is 1. The molecule has 5 rings (SSSR count). The number of nitrogens with zero attached hydrogens (tertiary/aromatic N) is 5. The molecule has 2 aromatic heterocycles. The van der Waals surface area contributed by atoms with Gasteiger partial charge in [-0.25, -0.2) is 19.0 Å². The molecule has 0 amide bonds. The molecule has 36 heavy (non-hydrogen) atoms. The lowest BCUT2D eigenvalue weighted by Gasteiger charge is -2.17. The molecule has 0 unspecified atom stereocenters. The van der Waals surface area contributed by atoms with Crippen molar-refractivity contribution in [2.75, 3.05) is 24.2 Å². The Balaban J connectivity index is 1.64. The lowest BCUT2D eigenvalue weighted by molar-refractivity contribution is -0.0629. The van der Waals surface area contributed by atoms with Crippen LogP contribution in [0, 0.1) is 12.7 Å². The lowest BCUT2D eigenvalue weighted by Crippen LogP contribution is -2.33. The largest absolute Gasteiger partial charge is 0.394 e. The highest BCUT2D eigenvalue weighted by atomic mass is 32.2. The highest BCUT2D eigenvalue weighted by Crippen LogP contribution is 2.44. The van der Waals surface area contributed by atoms with Crippen LogP contribution < -0.4 is 5.32 Å². The number of thioether (sulfide) groups is 1. The maximum Gasteiger partial charge on any atom is 0.191 e. The van der Waals surface area contributed by atoms with Crippen LogP contribution in [0.5, 0.6) is 0 Å². The van der Waals surface area contributed by atoms with E-state index in [2.05, 4.69) is 25.6 Å². The molecular weight excluding hydrogens is 487 g/mol. The summed E-state index contributed by atoms with van der Waals surface area (Å²) >= 11 is 1.10. The zero-order valence-corrected chi connectivity index (χ0v) is 20.1. The molecule has 0 aliphatic heterocycles. The third kappa shape index (κ3) is 4.92. The second-order valence-electron chi connectivity index (χ2n) is 8.10. The molecule has 0 spiro atoms. The van der Waals surface area contributed by atoms with Crippen LogP contribution in [-0.2, 0) is 4.74 Å². The summed E-state index contributed by atoms with van der Waals surface area (Å²) in [5, 5.41) is 42.2. The Morgan fingerprint density at radius 2 is 2.17 bits per heavy atom. The van der Waals surface area contributed by atoms with Gasteiger partial charge in [0.15, 0.2) is 22.1 Å².